The SMILES string of the molecule is CCC(C)N=CC(=CN)c1ccc(NC(=O)C2(c3ccc(C(F)(F)F)cc3F)CC2)cc1C(=O)OC. The molecule has 1 atom stereocenters. The van der Waals surface area contributed by atoms with Gasteiger partial charge in [0.05, 0.1) is 23.7 Å². The molecule has 2 aromatic carbocycles. The van der Waals surface area contributed by atoms with Gasteiger partial charge in [0.1, 0.15) is 5.82 Å². The van der Waals surface area contributed by atoms with Crippen LogP contribution in [0.5, 0.6) is 0 Å². The maximum Gasteiger partial charge on any atom is 0.416 e. The van der Waals surface area contributed by atoms with E-state index in [0.717, 1.165) is 18.6 Å². The minimum Gasteiger partial charge on any atom is -0.465 e. The Morgan fingerprint density at radius 1 is 1.19 bits per heavy atom. The number of hydrogen-bond acceptors (Lipinski definition) is 5. The number of nitrogens with one attached hydrogen (secondary N) is 1. The van der Waals surface area contributed by atoms with Crippen LogP contribution in [0.25, 0.3) is 5.57 Å². The van der Waals surface area contributed by atoms with E-state index >= 15 is 0 Å². The van der Waals surface area contributed by atoms with E-state index in [2.05, 4.69) is 10.3 Å². The number of amides is 1. The lowest BCUT2D eigenvalue weighted by Gasteiger charge is -2.18. The Morgan fingerprint density at radius 2 is 1.89 bits per heavy atom. The van der Waals surface area contributed by atoms with Crippen molar-refractivity contribution in [3.63, 3.8) is 0 Å². The predicted octanol–water partition coefficient (Wildman–Crippen LogP) is 5.47. The van der Waals surface area contributed by atoms with Crippen molar-refractivity contribution in [3.05, 3.63) is 70.7 Å². The van der Waals surface area contributed by atoms with Gasteiger partial charge in [-0.05, 0) is 56.0 Å². The quantitative estimate of drug-likeness (QED) is 0.283. The second kappa shape index (κ2) is 10.5. The molecule has 0 aromatic heterocycles. The van der Waals surface area contributed by atoms with Crippen LogP contribution < -0.4 is 11.1 Å². The maximum absolute atomic E-state index is 14.6. The Labute approximate surface area is 206 Å². The molecule has 0 heterocycles. The van der Waals surface area contributed by atoms with Crippen molar-refractivity contribution in [3.8, 4) is 0 Å². The molecular weight excluding hydrogens is 478 g/mol. The number of benzene rings is 2. The number of carbonyl (C=O) groups is 2. The molecule has 0 bridgehead atoms. The Hall–Kier alpha value is -3.69. The summed E-state index contributed by atoms with van der Waals surface area (Å²) in [6.07, 6.45) is -0.478. The highest BCUT2D eigenvalue weighted by molar-refractivity contribution is 6.14. The second-order valence-corrected chi connectivity index (χ2v) is 8.64. The molecule has 0 radical (unpaired) electrons. The number of aliphatic imine (C=N–C) groups is 1. The van der Waals surface area contributed by atoms with Crippen molar-refractivity contribution in [2.75, 3.05) is 12.4 Å². The number of carbonyl (C=O) groups excluding carboxylic acids is 2. The predicted molar refractivity (Wildman–Crippen MR) is 129 cm³/mol. The Bertz CT molecular complexity index is 1220. The van der Waals surface area contributed by atoms with E-state index in [1.54, 1.807) is 18.3 Å². The first kappa shape index (κ1) is 26.9. The molecule has 1 unspecified atom stereocenters. The molecule has 0 aliphatic heterocycles. The van der Waals surface area contributed by atoms with Gasteiger partial charge in [-0.2, -0.15) is 13.2 Å². The molecule has 0 spiro atoms. The Kier molecular flexibility index (Phi) is 7.86. The summed E-state index contributed by atoms with van der Waals surface area (Å²) in [5.74, 6) is -2.36. The van der Waals surface area contributed by atoms with Crippen molar-refractivity contribution >= 4 is 29.4 Å². The number of halogens is 4. The number of alkyl halides is 3. The third kappa shape index (κ3) is 5.58. The van der Waals surface area contributed by atoms with E-state index in [-0.39, 0.29) is 35.7 Å². The van der Waals surface area contributed by atoms with Gasteiger partial charge < -0.3 is 15.8 Å². The van der Waals surface area contributed by atoms with Gasteiger partial charge in [0.15, 0.2) is 0 Å². The van der Waals surface area contributed by atoms with Crippen molar-refractivity contribution < 1.29 is 31.9 Å². The molecule has 1 aliphatic rings. The summed E-state index contributed by atoms with van der Waals surface area (Å²) >= 11 is 0. The minimum atomic E-state index is -4.69. The number of rotatable bonds is 8. The summed E-state index contributed by atoms with van der Waals surface area (Å²) in [7, 11) is 1.21. The fraction of sp³-hybridized carbons (Fsp3) is 0.346. The van der Waals surface area contributed by atoms with Gasteiger partial charge in [-0.1, -0.05) is 19.1 Å². The molecule has 3 N–H and O–H groups in total. The molecule has 192 valence electrons. The third-order valence-corrected chi connectivity index (χ3v) is 6.23. The smallest absolute Gasteiger partial charge is 0.416 e. The highest BCUT2D eigenvalue weighted by Gasteiger charge is 2.53. The number of nitrogens with zero attached hydrogens (tertiary/aromatic N) is 1. The average Bonchev–Trinajstić information content (AvgIpc) is 3.65. The third-order valence-electron chi connectivity index (χ3n) is 6.23. The second-order valence-electron chi connectivity index (χ2n) is 8.64. The minimum absolute atomic E-state index is 0.0420. The Balaban J connectivity index is 1.91. The zero-order chi connectivity index (χ0) is 26.7. The molecule has 1 saturated carbocycles. The zero-order valence-electron chi connectivity index (χ0n) is 20.1. The van der Waals surface area contributed by atoms with Gasteiger partial charge in [-0.25, -0.2) is 9.18 Å². The van der Waals surface area contributed by atoms with Gasteiger partial charge in [0.2, 0.25) is 5.91 Å². The van der Waals surface area contributed by atoms with Crippen LogP contribution in [0.3, 0.4) is 0 Å². The van der Waals surface area contributed by atoms with Crippen LogP contribution in [-0.2, 0) is 21.1 Å². The topological polar surface area (TPSA) is 93.8 Å². The van der Waals surface area contributed by atoms with Crippen molar-refractivity contribution in [2.45, 2.75) is 50.7 Å². The van der Waals surface area contributed by atoms with Gasteiger partial charge in [-0.3, -0.25) is 9.79 Å². The summed E-state index contributed by atoms with van der Waals surface area (Å²) in [5.41, 5.74) is 4.50. The van der Waals surface area contributed by atoms with Crippen LogP contribution in [0.2, 0.25) is 0 Å². The molecule has 1 aliphatic carbocycles. The summed E-state index contributed by atoms with van der Waals surface area (Å²) in [5, 5.41) is 2.66. The molecule has 1 fully saturated rings. The highest BCUT2D eigenvalue weighted by Crippen LogP contribution is 2.50. The molecule has 0 saturated heterocycles. The number of esters is 1. The van der Waals surface area contributed by atoms with Gasteiger partial charge in [0, 0.05) is 35.3 Å². The van der Waals surface area contributed by atoms with Crippen LogP contribution in [-0.4, -0.2) is 31.2 Å². The van der Waals surface area contributed by atoms with Gasteiger partial charge in [-0.15, -0.1) is 0 Å². The number of anilines is 1. The Morgan fingerprint density at radius 3 is 2.42 bits per heavy atom. The normalized spacial score (nSPS) is 16.0. The zero-order valence-corrected chi connectivity index (χ0v) is 20.1. The molecule has 36 heavy (non-hydrogen) atoms. The van der Waals surface area contributed by atoms with Crippen LogP contribution in [0.15, 0.2) is 47.6 Å². The lowest BCUT2D eigenvalue weighted by atomic mass is 9.93. The monoisotopic (exact) mass is 505 g/mol. The molecular formula is C26H27F4N3O3. The summed E-state index contributed by atoms with van der Waals surface area (Å²) in [6.45, 7) is 3.91. The average molecular weight is 506 g/mol. The van der Waals surface area contributed by atoms with Crippen LogP contribution in [0.4, 0.5) is 23.2 Å². The number of methoxy groups -OCH3 is 1. The highest BCUT2D eigenvalue weighted by atomic mass is 19.4. The van der Waals surface area contributed by atoms with E-state index in [9.17, 15) is 27.2 Å². The first-order valence-corrected chi connectivity index (χ1v) is 11.3. The van der Waals surface area contributed by atoms with E-state index < -0.39 is 34.8 Å². The summed E-state index contributed by atoms with van der Waals surface area (Å²) in [6, 6.07) is 6.72. The molecule has 1 amide bonds. The summed E-state index contributed by atoms with van der Waals surface area (Å²) < 4.78 is 58.2. The fourth-order valence-electron chi connectivity index (χ4n) is 3.74. The van der Waals surface area contributed by atoms with Crippen molar-refractivity contribution in [1.82, 2.24) is 0 Å². The molecule has 10 heteroatoms. The number of nitrogens with two attached hydrogens (primary N) is 1. The van der Waals surface area contributed by atoms with E-state index in [0.29, 0.717) is 17.2 Å². The number of allylic oxidation sites excluding steroid dienone is 1. The molecule has 2 aromatic rings. The molecule has 3 rings (SSSR count). The van der Waals surface area contributed by atoms with E-state index in [4.69, 9.17) is 10.5 Å². The van der Waals surface area contributed by atoms with Gasteiger partial charge >= 0.3 is 12.1 Å². The summed E-state index contributed by atoms with van der Waals surface area (Å²) in [4.78, 5) is 30.0. The first-order chi connectivity index (χ1) is 17.0. The van der Waals surface area contributed by atoms with Crippen LogP contribution >= 0.6 is 0 Å². The lowest BCUT2D eigenvalue weighted by molar-refractivity contribution is -0.137. The van der Waals surface area contributed by atoms with Crippen LogP contribution in [0.1, 0.15) is 60.2 Å². The van der Waals surface area contributed by atoms with Crippen LogP contribution in [0, 0.1) is 5.82 Å². The van der Waals surface area contributed by atoms with E-state index in [1.165, 1.54) is 19.4 Å². The van der Waals surface area contributed by atoms with E-state index in [1.807, 2.05) is 13.8 Å². The van der Waals surface area contributed by atoms with Crippen molar-refractivity contribution in [1.29, 1.82) is 0 Å². The van der Waals surface area contributed by atoms with Crippen molar-refractivity contribution in [2.24, 2.45) is 10.7 Å². The lowest BCUT2D eigenvalue weighted by Crippen LogP contribution is -2.29. The largest absolute Gasteiger partial charge is 0.465 e. The maximum atomic E-state index is 14.6. The molecule has 6 nitrogen and oxygen atoms in total. The fourth-order valence-corrected chi connectivity index (χ4v) is 3.74. The number of hydrogen-bond donors (Lipinski definition) is 2. The first-order valence-electron chi connectivity index (χ1n) is 11.3. The standard InChI is InChI=1S/C26H27F4N3O3/c1-4-15(2)32-14-16(13-31)19-7-6-18(12-20(19)23(34)36-3)33-24(35)25(9-10-25)21-8-5-17(11-22(21)27)26(28,29)30/h5-8,11-15H,4,9-10,31H2,1-3H3,(H,33,35). The number of ether oxygens (including phenoxy) is 1. The van der Waals surface area contributed by atoms with Gasteiger partial charge in [0.25, 0.3) is 0 Å².